The van der Waals surface area contributed by atoms with Gasteiger partial charge in [0.1, 0.15) is 10.6 Å². The molecule has 0 aromatic carbocycles. The lowest BCUT2D eigenvalue weighted by molar-refractivity contribution is -0.148. The van der Waals surface area contributed by atoms with E-state index in [4.69, 9.17) is 16.3 Å². The highest BCUT2D eigenvalue weighted by Gasteiger charge is 2.51. The van der Waals surface area contributed by atoms with Crippen LogP contribution in [0.5, 0.6) is 0 Å². The number of aromatic nitrogens is 1. The van der Waals surface area contributed by atoms with E-state index in [2.05, 4.69) is 10.3 Å². The Hall–Kier alpha value is -0.780. The van der Waals surface area contributed by atoms with Gasteiger partial charge in [0, 0.05) is 11.9 Å². The standard InChI is InChI=1S/C13H17ClN2O2S/c1-15-13(9-5-6-9,12(17)18-2)8-19-11-10(14)4-3-7-16-11/h3-4,7,9,15H,5-6,8H2,1-2H3. The molecular formula is C13H17ClN2O2S. The van der Waals surface area contributed by atoms with Crippen molar-refractivity contribution in [2.24, 2.45) is 5.92 Å². The first kappa shape index (κ1) is 14.6. The Morgan fingerprint density at radius 1 is 1.68 bits per heavy atom. The van der Waals surface area contributed by atoms with Crippen molar-refractivity contribution in [3.8, 4) is 0 Å². The third kappa shape index (κ3) is 3.04. The van der Waals surface area contributed by atoms with Crippen LogP contribution in [-0.4, -0.2) is 36.4 Å². The number of hydrogen-bond donors (Lipinski definition) is 1. The van der Waals surface area contributed by atoms with Crippen LogP contribution in [0.2, 0.25) is 5.02 Å². The highest BCUT2D eigenvalue weighted by atomic mass is 35.5. The van der Waals surface area contributed by atoms with E-state index in [0.717, 1.165) is 17.9 Å². The first-order valence-electron chi connectivity index (χ1n) is 6.14. The van der Waals surface area contributed by atoms with Crippen molar-refractivity contribution >= 4 is 29.3 Å². The number of rotatable bonds is 6. The Morgan fingerprint density at radius 3 is 2.95 bits per heavy atom. The maximum absolute atomic E-state index is 12.1. The van der Waals surface area contributed by atoms with Crippen LogP contribution in [0.1, 0.15) is 12.8 Å². The molecule has 1 aromatic rings. The van der Waals surface area contributed by atoms with Crippen molar-refractivity contribution in [2.45, 2.75) is 23.4 Å². The van der Waals surface area contributed by atoms with E-state index in [1.807, 2.05) is 0 Å². The smallest absolute Gasteiger partial charge is 0.327 e. The van der Waals surface area contributed by atoms with Crippen LogP contribution in [0.4, 0.5) is 0 Å². The molecule has 104 valence electrons. The molecule has 0 aliphatic heterocycles. The van der Waals surface area contributed by atoms with Crippen LogP contribution in [-0.2, 0) is 9.53 Å². The molecule has 1 aliphatic rings. The molecule has 4 nitrogen and oxygen atoms in total. The van der Waals surface area contributed by atoms with Crippen molar-refractivity contribution in [1.29, 1.82) is 0 Å². The SMILES string of the molecule is CNC(CSc1ncccc1Cl)(C(=O)OC)C1CC1. The van der Waals surface area contributed by atoms with Gasteiger partial charge in [-0.25, -0.2) is 4.98 Å². The van der Waals surface area contributed by atoms with Gasteiger partial charge in [-0.2, -0.15) is 0 Å². The molecule has 0 amide bonds. The van der Waals surface area contributed by atoms with Crippen LogP contribution in [0.3, 0.4) is 0 Å². The van der Waals surface area contributed by atoms with Gasteiger partial charge in [0.15, 0.2) is 0 Å². The zero-order valence-electron chi connectivity index (χ0n) is 11.0. The molecule has 0 bridgehead atoms. The Balaban J connectivity index is 2.13. The number of halogens is 1. The molecule has 0 saturated heterocycles. The fourth-order valence-electron chi connectivity index (χ4n) is 2.14. The summed E-state index contributed by atoms with van der Waals surface area (Å²) in [5.74, 6) is 0.689. The molecule has 2 rings (SSSR count). The molecule has 6 heteroatoms. The lowest BCUT2D eigenvalue weighted by atomic mass is 9.96. The van der Waals surface area contributed by atoms with Gasteiger partial charge < -0.3 is 10.1 Å². The normalized spacial score (nSPS) is 17.8. The van der Waals surface area contributed by atoms with Crippen LogP contribution < -0.4 is 5.32 Å². The lowest BCUT2D eigenvalue weighted by Gasteiger charge is -2.30. The van der Waals surface area contributed by atoms with Crippen LogP contribution in [0, 0.1) is 5.92 Å². The highest BCUT2D eigenvalue weighted by Crippen LogP contribution is 2.43. The fraction of sp³-hybridized carbons (Fsp3) is 0.538. The molecule has 1 heterocycles. The average Bonchev–Trinajstić information content (AvgIpc) is 3.26. The van der Waals surface area contributed by atoms with Gasteiger partial charge >= 0.3 is 5.97 Å². The maximum Gasteiger partial charge on any atom is 0.327 e. The van der Waals surface area contributed by atoms with Crippen LogP contribution in [0.15, 0.2) is 23.4 Å². The third-order valence-electron chi connectivity index (χ3n) is 3.43. The second-order valence-corrected chi connectivity index (χ2v) is 5.94. The number of pyridine rings is 1. The topological polar surface area (TPSA) is 51.2 Å². The number of thioether (sulfide) groups is 1. The fourth-order valence-corrected chi connectivity index (χ4v) is 3.63. The van der Waals surface area contributed by atoms with Gasteiger partial charge in [0.2, 0.25) is 0 Å². The van der Waals surface area contributed by atoms with E-state index < -0.39 is 5.54 Å². The van der Waals surface area contributed by atoms with Crippen LogP contribution >= 0.6 is 23.4 Å². The van der Waals surface area contributed by atoms with Crippen molar-refractivity contribution in [1.82, 2.24) is 10.3 Å². The molecule has 1 aliphatic carbocycles. The van der Waals surface area contributed by atoms with Gasteiger partial charge in [-0.15, -0.1) is 11.8 Å². The maximum atomic E-state index is 12.1. The zero-order valence-corrected chi connectivity index (χ0v) is 12.6. The summed E-state index contributed by atoms with van der Waals surface area (Å²) in [4.78, 5) is 16.3. The monoisotopic (exact) mass is 300 g/mol. The van der Waals surface area contributed by atoms with Crippen molar-refractivity contribution in [3.05, 3.63) is 23.4 Å². The second kappa shape index (κ2) is 6.11. The zero-order chi connectivity index (χ0) is 13.9. The number of nitrogens with one attached hydrogen (secondary N) is 1. The Bertz CT molecular complexity index is 468. The number of hydrogen-bond acceptors (Lipinski definition) is 5. The van der Waals surface area contributed by atoms with E-state index in [-0.39, 0.29) is 5.97 Å². The van der Waals surface area contributed by atoms with Crippen molar-refractivity contribution < 1.29 is 9.53 Å². The van der Waals surface area contributed by atoms with Gasteiger partial charge in [0.05, 0.1) is 12.1 Å². The predicted octanol–water partition coefficient (Wildman–Crippen LogP) is 2.37. The molecular weight excluding hydrogens is 284 g/mol. The molecule has 0 spiro atoms. The summed E-state index contributed by atoms with van der Waals surface area (Å²) in [7, 11) is 3.23. The third-order valence-corrected chi connectivity index (χ3v) is 5.05. The molecule has 1 aromatic heterocycles. The molecule has 1 atom stereocenters. The Kier molecular flexibility index (Phi) is 4.71. The number of ether oxygens (including phenoxy) is 1. The summed E-state index contributed by atoms with van der Waals surface area (Å²) in [6.45, 7) is 0. The minimum absolute atomic E-state index is 0.211. The van der Waals surface area contributed by atoms with Gasteiger partial charge in [-0.1, -0.05) is 11.6 Å². The molecule has 1 unspecified atom stereocenters. The molecule has 1 N–H and O–H groups in total. The van der Waals surface area contributed by atoms with E-state index in [1.54, 1.807) is 25.4 Å². The Morgan fingerprint density at radius 2 is 2.42 bits per heavy atom. The van der Waals surface area contributed by atoms with Gasteiger partial charge in [0.25, 0.3) is 0 Å². The number of carbonyl (C=O) groups excluding carboxylic acids is 1. The number of likely N-dealkylation sites (N-methyl/N-ethyl adjacent to an activating group) is 1. The molecule has 1 saturated carbocycles. The summed E-state index contributed by atoms with van der Waals surface area (Å²) < 4.78 is 4.96. The average molecular weight is 301 g/mol. The minimum Gasteiger partial charge on any atom is -0.468 e. The number of carbonyl (C=O) groups is 1. The summed E-state index contributed by atoms with van der Waals surface area (Å²) in [5, 5.41) is 4.50. The number of methoxy groups -OCH3 is 1. The quantitative estimate of drug-likeness (QED) is 0.646. The van der Waals surface area contributed by atoms with E-state index in [9.17, 15) is 4.79 Å². The largest absolute Gasteiger partial charge is 0.468 e. The first-order valence-corrected chi connectivity index (χ1v) is 7.51. The summed E-state index contributed by atoms with van der Waals surface area (Å²) >= 11 is 7.57. The number of esters is 1. The number of nitrogens with zero attached hydrogens (tertiary/aromatic N) is 1. The minimum atomic E-state index is -0.639. The van der Waals surface area contributed by atoms with Crippen molar-refractivity contribution in [3.63, 3.8) is 0 Å². The molecule has 19 heavy (non-hydrogen) atoms. The van der Waals surface area contributed by atoms with Crippen molar-refractivity contribution in [2.75, 3.05) is 19.9 Å². The van der Waals surface area contributed by atoms with Gasteiger partial charge in [-0.3, -0.25) is 4.79 Å². The summed E-state index contributed by atoms with van der Waals surface area (Å²) in [6, 6.07) is 3.59. The summed E-state index contributed by atoms with van der Waals surface area (Å²) in [5.41, 5.74) is -0.639. The predicted molar refractivity (Wildman–Crippen MR) is 76.5 cm³/mol. The van der Waals surface area contributed by atoms with E-state index in [1.165, 1.54) is 18.9 Å². The van der Waals surface area contributed by atoms with Crippen LogP contribution in [0.25, 0.3) is 0 Å². The first-order chi connectivity index (χ1) is 9.14. The lowest BCUT2D eigenvalue weighted by Crippen LogP contribution is -2.55. The Labute approximate surface area is 122 Å². The molecule has 0 radical (unpaired) electrons. The van der Waals surface area contributed by atoms with E-state index >= 15 is 0 Å². The summed E-state index contributed by atoms with van der Waals surface area (Å²) in [6.07, 6.45) is 3.80. The molecule has 1 fully saturated rings. The highest BCUT2D eigenvalue weighted by molar-refractivity contribution is 7.99. The van der Waals surface area contributed by atoms with Gasteiger partial charge in [-0.05, 0) is 37.9 Å². The van der Waals surface area contributed by atoms with E-state index in [0.29, 0.717) is 16.7 Å². The second-order valence-electron chi connectivity index (χ2n) is 4.57.